The minimum atomic E-state index is -0.498. The van der Waals surface area contributed by atoms with Crippen molar-refractivity contribution in [1.82, 2.24) is 0 Å². The number of hydrogen-bond acceptors (Lipinski definition) is 2. The summed E-state index contributed by atoms with van der Waals surface area (Å²) in [6.07, 6.45) is 0.676. The average Bonchev–Trinajstić information content (AvgIpc) is 2.20. The first-order valence-electron chi connectivity index (χ1n) is 4.55. The maximum Gasteiger partial charge on any atom is 0.162 e. The molecule has 0 aliphatic heterocycles. The van der Waals surface area contributed by atoms with Crippen molar-refractivity contribution in [3.63, 3.8) is 0 Å². The normalized spacial score (nSPS) is 9.27. The molecule has 0 amide bonds. The first-order valence-corrected chi connectivity index (χ1v) is 5.18. The van der Waals surface area contributed by atoms with Gasteiger partial charge in [0.1, 0.15) is 5.82 Å². The van der Waals surface area contributed by atoms with Crippen LogP contribution in [-0.4, -0.2) is 11.5 Å². The molecular weight excluding hydrogens is 211 g/mol. The molecule has 0 atom stereocenters. The summed E-state index contributed by atoms with van der Waals surface area (Å²) in [7, 11) is 0. The number of thiol groups is 1. The Balaban J connectivity index is 2.99. The molecule has 0 bridgehead atoms. The zero-order chi connectivity index (χ0) is 11.3. The zero-order valence-electron chi connectivity index (χ0n) is 8.38. The second-order valence-corrected chi connectivity index (χ2v) is 3.47. The van der Waals surface area contributed by atoms with Crippen molar-refractivity contribution in [1.29, 1.82) is 0 Å². The number of carbonyl (C=O) groups excluding carboxylic acids is 1. The zero-order valence-corrected chi connectivity index (χ0v) is 9.27. The monoisotopic (exact) mass is 222 g/mol. The second-order valence-electron chi connectivity index (χ2n) is 3.03. The van der Waals surface area contributed by atoms with Gasteiger partial charge in [-0.15, -0.1) is 0 Å². The van der Waals surface area contributed by atoms with E-state index < -0.39 is 5.82 Å². The Hall–Kier alpha value is -1.27. The SMILES string of the molecule is CC(=O)c1cc(C#CCCS)ccc1F. The molecule has 0 fully saturated rings. The van der Waals surface area contributed by atoms with Crippen LogP contribution in [0, 0.1) is 17.7 Å². The summed E-state index contributed by atoms with van der Waals surface area (Å²) >= 11 is 4.02. The van der Waals surface area contributed by atoms with Crippen molar-refractivity contribution in [3.8, 4) is 11.8 Å². The molecule has 1 rings (SSSR count). The van der Waals surface area contributed by atoms with Crippen LogP contribution in [0.2, 0.25) is 0 Å². The van der Waals surface area contributed by atoms with E-state index in [2.05, 4.69) is 24.5 Å². The van der Waals surface area contributed by atoms with Crippen molar-refractivity contribution < 1.29 is 9.18 Å². The first kappa shape index (κ1) is 11.8. The second kappa shape index (κ2) is 5.57. The van der Waals surface area contributed by atoms with Crippen LogP contribution in [0.15, 0.2) is 18.2 Å². The highest BCUT2D eigenvalue weighted by atomic mass is 32.1. The Morgan fingerprint density at radius 2 is 2.27 bits per heavy atom. The van der Waals surface area contributed by atoms with E-state index in [1.54, 1.807) is 6.07 Å². The standard InChI is InChI=1S/C12H11FOS/c1-9(14)11-8-10(4-2-3-7-15)5-6-12(11)13/h5-6,8,15H,3,7H2,1H3. The fourth-order valence-corrected chi connectivity index (χ4v) is 1.21. The lowest BCUT2D eigenvalue weighted by Crippen LogP contribution is -1.97. The van der Waals surface area contributed by atoms with Gasteiger partial charge in [-0.3, -0.25) is 4.79 Å². The summed E-state index contributed by atoms with van der Waals surface area (Å²) in [5.41, 5.74) is 0.746. The third kappa shape index (κ3) is 3.41. The molecule has 0 aliphatic carbocycles. The van der Waals surface area contributed by atoms with E-state index in [9.17, 15) is 9.18 Å². The van der Waals surface area contributed by atoms with Gasteiger partial charge in [-0.05, 0) is 25.1 Å². The number of halogens is 1. The Bertz CT molecular complexity index is 429. The molecule has 0 N–H and O–H groups in total. The van der Waals surface area contributed by atoms with Gasteiger partial charge >= 0.3 is 0 Å². The number of ketones is 1. The molecule has 0 saturated carbocycles. The van der Waals surface area contributed by atoms with E-state index in [1.807, 2.05) is 0 Å². The van der Waals surface area contributed by atoms with Gasteiger partial charge in [0, 0.05) is 17.7 Å². The molecule has 0 unspecified atom stereocenters. The molecule has 3 heteroatoms. The number of rotatable bonds is 2. The first-order chi connectivity index (χ1) is 7.15. The molecule has 0 aliphatic rings. The molecule has 0 spiro atoms. The van der Waals surface area contributed by atoms with E-state index >= 15 is 0 Å². The molecule has 1 aromatic rings. The molecular formula is C12H11FOS. The van der Waals surface area contributed by atoms with Crippen molar-refractivity contribution in [2.75, 3.05) is 5.75 Å². The minimum absolute atomic E-state index is 0.0904. The fraction of sp³-hybridized carbons (Fsp3) is 0.250. The van der Waals surface area contributed by atoms with E-state index in [-0.39, 0.29) is 11.3 Å². The van der Waals surface area contributed by atoms with Crippen LogP contribution in [0.3, 0.4) is 0 Å². The Morgan fingerprint density at radius 1 is 1.53 bits per heavy atom. The van der Waals surface area contributed by atoms with Crippen LogP contribution in [0.4, 0.5) is 4.39 Å². The van der Waals surface area contributed by atoms with Crippen LogP contribution < -0.4 is 0 Å². The Labute approximate surface area is 94.1 Å². The summed E-state index contributed by atoms with van der Waals surface area (Å²) in [5.74, 6) is 5.63. The van der Waals surface area contributed by atoms with Gasteiger partial charge in [-0.2, -0.15) is 12.6 Å². The van der Waals surface area contributed by atoms with E-state index in [4.69, 9.17) is 0 Å². The van der Waals surface area contributed by atoms with Crippen LogP contribution in [0.1, 0.15) is 29.3 Å². The molecule has 0 saturated heterocycles. The van der Waals surface area contributed by atoms with E-state index in [0.29, 0.717) is 17.7 Å². The summed E-state index contributed by atoms with van der Waals surface area (Å²) in [6, 6.07) is 4.30. The summed E-state index contributed by atoms with van der Waals surface area (Å²) in [4.78, 5) is 11.0. The highest BCUT2D eigenvalue weighted by molar-refractivity contribution is 7.80. The fourth-order valence-electron chi connectivity index (χ4n) is 1.09. The quantitative estimate of drug-likeness (QED) is 0.462. The lowest BCUT2D eigenvalue weighted by Gasteiger charge is -1.98. The van der Waals surface area contributed by atoms with Crippen LogP contribution >= 0.6 is 12.6 Å². The third-order valence-electron chi connectivity index (χ3n) is 1.82. The van der Waals surface area contributed by atoms with Crippen LogP contribution in [0.25, 0.3) is 0 Å². The predicted molar refractivity (Wildman–Crippen MR) is 61.8 cm³/mol. The molecule has 78 valence electrons. The van der Waals surface area contributed by atoms with E-state index in [1.165, 1.54) is 19.1 Å². The average molecular weight is 222 g/mol. The van der Waals surface area contributed by atoms with E-state index in [0.717, 1.165) is 0 Å². The molecule has 1 aromatic carbocycles. The number of Topliss-reactive ketones (excluding diaryl/α,β-unsaturated/α-hetero) is 1. The van der Waals surface area contributed by atoms with Gasteiger partial charge in [-0.1, -0.05) is 11.8 Å². The van der Waals surface area contributed by atoms with Gasteiger partial charge in [0.05, 0.1) is 5.56 Å². The molecule has 15 heavy (non-hydrogen) atoms. The number of hydrogen-bond donors (Lipinski definition) is 1. The largest absolute Gasteiger partial charge is 0.294 e. The molecule has 0 radical (unpaired) electrons. The third-order valence-corrected chi connectivity index (χ3v) is 2.04. The smallest absolute Gasteiger partial charge is 0.162 e. The summed E-state index contributed by atoms with van der Waals surface area (Å²) < 4.78 is 13.1. The van der Waals surface area contributed by atoms with Crippen LogP contribution in [0.5, 0.6) is 0 Å². The minimum Gasteiger partial charge on any atom is -0.294 e. The summed E-state index contributed by atoms with van der Waals surface area (Å²) in [6.45, 7) is 1.34. The maximum absolute atomic E-state index is 13.1. The van der Waals surface area contributed by atoms with Gasteiger partial charge < -0.3 is 0 Å². The summed E-state index contributed by atoms with van der Waals surface area (Å²) in [5, 5.41) is 0. The van der Waals surface area contributed by atoms with Gasteiger partial charge in [0.25, 0.3) is 0 Å². The number of carbonyl (C=O) groups is 1. The lowest BCUT2D eigenvalue weighted by molar-refractivity contribution is 0.101. The topological polar surface area (TPSA) is 17.1 Å². The molecule has 0 heterocycles. The van der Waals surface area contributed by atoms with Crippen molar-refractivity contribution in [3.05, 3.63) is 35.1 Å². The van der Waals surface area contributed by atoms with Gasteiger partial charge in [-0.25, -0.2) is 4.39 Å². The van der Waals surface area contributed by atoms with Crippen molar-refractivity contribution >= 4 is 18.4 Å². The Morgan fingerprint density at radius 3 is 2.87 bits per heavy atom. The lowest BCUT2D eigenvalue weighted by atomic mass is 10.1. The Kier molecular flexibility index (Phi) is 4.38. The van der Waals surface area contributed by atoms with Gasteiger partial charge in [0.2, 0.25) is 0 Å². The van der Waals surface area contributed by atoms with Crippen molar-refractivity contribution in [2.24, 2.45) is 0 Å². The van der Waals surface area contributed by atoms with Gasteiger partial charge in [0.15, 0.2) is 5.78 Å². The molecule has 1 nitrogen and oxygen atoms in total. The highest BCUT2D eigenvalue weighted by Gasteiger charge is 2.06. The highest BCUT2D eigenvalue weighted by Crippen LogP contribution is 2.10. The predicted octanol–water partition coefficient (Wildman–Crippen LogP) is 2.70. The number of benzene rings is 1. The molecule has 0 aromatic heterocycles. The van der Waals surface area contributed by atoms with Crippen molar-refractivity contribution in [2.45, 2.75) is 13.3 Å². The maximum atomic E-state index is 13.1. The van der Waals surface area contributed by atoms with Crippen LogP contribution in [-0.2, 0) is 0 Å².